The van der Waals surface area contributed by atoms with Crippen LogP contribution < -0.4 is 4.72 Å². The molecule has 0 saturated heterocycles. The van der Waals surface area contributed by atoms with Gasteiger partial charge in [0.05, 0.1) is 16.2 Å². The van der Waals surface area contributed by atoms with Gasteiger partial charge in [0.2, 0.25) is 15.8 Å². The highest BCUT2D eigenvalue weighted by atomic mass is 32.2. The molecule has 0 amide bonds. The van der Waals surface area contributed by atoms with Gasteiger partial charge in [-0.2, -0.15) is 4.98 Å². The molecule has 0 spiro atoms. The zero-order valence-corrected chi connectivity index (χ0v) is 17.3. The van der Waals surface area contributed by atoms with E-state index in [2.05, 4.69) is 14.9 Å². The molecule has 8 nitrogen and oxygen atoms in total. The van der Waals surface area contributed by atoms with Gasteiger partial charge >= 0.3 is 5.97 Å². The van der Waals surface area contributed by atoms with E-state index in [1.165, 1.54) is 17.4 Å². The molecule has 0 aliphatic rings. The van der Waals surface area contributed by atoms with Crippen LogP contribution in [-0.4, -0.2) is 31.1 Å². The molecule has 1 N–H and O–H groups in total. The Kier molecular flexibility index (Phi) is 5.88. The predicted molar refractivity (Wildman–Crippen MR) is 111 cm³/mol. The molecule has 0 atom stereocenters. The second-order valence-corrected chi connectivity index (χ2v) is 9.02. The molecule has 2 aromatic heterocycles. The number of fused-ring (bicyclic) bond motifs is 1. The molecule has 10 heteroatoms. The molecule has 0 radical (unpaired) electrons. The second kappa shape index (κ2) is 8.74. The van der Waals surface area contributed by atoms with Gasteiger partial charge < -0.3 is 9.26 Å². The van der Waals surface area contributed by atoms with Crippen LogP contribution in [-0.2, 0) is 26.2 Å². The number of hydrogen-bond donors (Lipinski definition) is 1. The van der Waals surface area contributed by atoms with Gasteiger partial charge in [0.15, 0.2) is 6.61 Å². The van der Waals surface area contributed by atoms with Gasteiger partial charge in [-0.3, -0.25) is 4.79 Å². The summed E-state index contributed by atoms with van der Waals surface area (Å²) in [4.78, 5) is 17.0. The predicted octanol–water partition coefficient (Wildman–Crippen LogP) is 3.36. The molecule has 0 unspecified atom stereocenters. The summed E-state index contributed by atoms with van der Waals surface area (Å²) in [5.74, 6) is 0.0229. The van der Waals surface area contributed by atoms with Crippen LogP contribution in [0.5, 0.6) is 0 Å². The first-order valence-corrected chi connectivity index (χ1v) is 11.4. The minimum Gasteiger partial charge on any atom is -0.456 e. The highest BCUT2D eigenvalue weighted by Crippen LogP contribution is 2.21. The minimum absolute atomic E-state index is 0.0850. The number of benzene rings is 2. The van der Waals surface area contributed by atoms with Crippen molar-refractivity contribution in [1.29, 1.82) is 0 Å². The van der Waals surface area contributed by atoms with E-state index in [-0.39, 0.29) is 30.4 Å². The summed E-state index contributed by atoms with van der Waals surface area (Å²) in [5, 5.41) is 7.49. The summed E-state index contributed by atoms with van der Waals surface area (Å²) in [5.41, 5.74) is 0. The average molecular weight is 444 g/mol. The number of thiophene rings is 1. The quantitative estimate of drug-likeness (QED) is 0.416. The number of sulfonamides is 1. The van der Waals surface area contributed by atoms with Gasteiger partial charge in [0.25, 0.3) is 5.89 Å². The number of nitrogens with one attached hydrogen (secondary N) is 1. The molecule has 4 rings (SSSR count). The molecule has 2 heterocycles. The Morgan fingerprint density at radius 3 is 2.73 bits per heavy atom. The number of aromatic nitrogens is 2. The summed E-state index contributed by atoms with van der Waals surface area (Å²) in [6, 6.07) is 16.1. The van der Waals surface area contributed by atoms with Crippen molar-refractivity contribution in [2.75, 3.05) is 6.54 Å². The van der Waals surface area contributed by atoms with Crippen LogP contribution >= 0.6 is 11.3 Å². The molecule has 0 aliphatic heterocycles. The van der Waals surface area contributed by atoms with E-state index in [0.717, 1.165) is 15.6 Å². The zero-order chi connectivity index (χ0) is 21.0. The normalized spacial score (nSPS) is 11.6. The van der Waals surface area contributed by atoms with E-state index in [1.807, 2.05) is 41.8 Å². The highest BCUT2D eigenvalue weighted by Gasteiger charge is 2.16. The first kappa shape index (κ1) is 20.2. The fraction of sp³-hybridized carbons (Fsp3) is 0.150. The Morgan fingerprint density at radius 2 is 1.93 bits per heavy atom. The maximum absolute atomic E-state index is 12.5. The number of carbonyl (C=O) groups is 1. The lowest BCUT2D eigenvalue weighted by atomic mass is 10.1. The smallest absolute Gasteiger partial charge is 0.307 e. The Bertz CT molecular complexity index is 1270. The number of hydrogen-bond acceptors (Lipinski definition) is 8. The number of carbonyl (C=O) groups excluding carboxylic acids is 1. The maximum atomic E-state index is 12.5. The molecule has 0 fully saturated rings. The van der Waals surface area contributed by atoms with Crippen molar-refractivity contribution in [3.05, 3.63) is 65.9 Å². The van der Waals surface area contributed by atoms with Crippen molar-refractivity contribution in [3.8, 4) is 10.7 Å². The molecule has 30 heavy (non-hydrogen) atoms. The standard InChI is InChI=1S/C20H17N3O5S2/c24-19(27-13-18-22-20(23-28-18)17-6-3-11-29-17)9-10-21-30(25,26)16-8-7-14-4-1-2-5-15(14)12-16/h1-8,11-12,21H,9-10,13H2. The van der Waals surface area contributed by atoms with Gasteiger partial charge in [-0.25, -0.2) is 13.1 Å². The van der Waals surface area contributed by atoms with E-state index in [1.54, 1.807) is 12.1 Å². The number of nitrogens with zero attached hydrogens (tertiary/aromatic N) is 2. The van der Waals surface area contributed by atoms with Crippen LogP contribution in [0.15, 0.2) is 69.4 Å². The number of esters is 1. The first-order valence-electron chi connectivity index (χ1n) is 9.02. The van der Waals surface area contributed by atoms with Gasteiger partial charge in [-0.15, -0.1) is 11.3 Å². The topological polar surface area (TPSA) is 111 Å². The van der Waals surface area contributed by atoms with Crippen molar-refractivity contribution >= 4 is 38.1 Å². The van der Waals surface area contributed by atoms with E-state index in [4.69, 9.17) is 9.26 Å². The van der Waals surface area contributed by atoms with Gasteiger partial charge in [0, 0.05) is 6.54 Å². The summed E-state index contributed by atoms with van der Waals surface area (Å²) in [6.45, 7) is -0.257. The van der Waals surface area contributed by atoms with E-state index < -0.39 is 16.0 Å². The molecule has 4 aromatic rings. The molecule has 0 saturated carbocycles. The highest BCUT2D eigenvalue weighted by molar-refractivity contribution is 7.89. The third-order valence-electron chi connectivity index (χ3n) is 4.22. The largest absolute Gasteiger partial charge is 0.456 e. The summed E-state index contributed by atoms with van der Waals surface area (Å²) in [6.07, 6.45) is -0.126. The molecule has 0 bridgehead atoms. The summed E-state index contributed by atoms with van der Waals surface area (Å²) in [7, 11) is -3.73. The fourth-order valence-corrected chi connectivity index (χ4v) is 4.46. The van der Waals surface area contributed by atoms with Crippen LogP contribution in [0.4, 0.5) is 0 Å². The number of ether oxygens (including phenoxy) is 1. The molecular formula is C20H17N3O5S2. The van der Waals surface area contributed by atoms with Crippen molar-refractivity contribution < 1.29 is 22.5 Å². The molecule has 0 aliphatic carbocycles. The van der Waals surface area contributed by atoms with E-state index in [0.29, 0.717) is 5.82 Å². The first-order chi connectivity index (χ1) is 14.5. The zero-order valence-electron chi connectivity index (χ0n) is 15.6. The van der Waals surface area contributed by atoms with Gasteiger partial charge in [-0.1, -0.05) is 41.6 Å². The lowest BCUT2D eigenvalue weighted by molar-refractivity contribution is -0.145. The Labute approximate surface area is 176 Å². The van der Waals surface area contributed by atoms with Crippen LogP contribution in [0.1, 0.15) is 12.3 Å². The maximum Gasteiger partial charge on any atom is 0.307 e. The lowest BCUT2D eigenvalue weighted by Crippen LogP contribution is -2.26. The third kappa shape index (κ3) is 4.73. The summed E-state index contributed by atoms with van der Waals surface area (Å²) < 4.78 is 37.4. The SMILES string of the molecule is O=C(CCNS(=O)(=O)c1ccc2ccccc2c1)OCc1nc(-c2cccs2)no1. The summed E-state index contributed by atoms with van der Waals surface area (Å²) >= 11 is 1.47. The molecular weight excluding hydrogens is 426 g/mol. The second-order valence-electron chi connectivity index (χ2n) is 6.31. The van der Waals surface area contributed by atoms with Crippen LogP contribution in [0.3, 0.4) is 0 Å². The monoisotopic (exact) mass is 443 g/mol. The lowest BCUT2D eigenvalue weighted by Gasteiger charge is -2.08. The Balaban J connectivity index is 1.27. The third-order valence-corrected chi connectivity index (χ3v) is 6.54. The molecule has 2 aromatic carbocycles. The Morgan fingerprint density at radius 1 is 1.10 bits per heavy atom. The van der Waals surface area contributed by atoms with Crippen LogP contribution in [0, 0.1) is 0 Å². The fourth-order valence-electron chi connectivity index (χ4n) is 2.74. The van der Waals surface area contributed by atoms with E-state index in [9.17, 15) is 13.2 Å². The molecule has 154 valence electrons. The minimum atomic E-state index is -3.73. The Hall–Kier alpha value is -3.08. The van der Waals surface area contributed by atoms with Crippen LogP contribution in [0.2, 0.25) is 0 Å². The average Bonchev–Trinajstić information content (AvgIpc) is 3.43. The van der Waals surface area contributed by atoms with E-state index >= 15 is 0 Å². The van der Waals surface area contributed by atoms with Gasteiger partial charge in [0.1, 0.15) is 0 Å². The van der Waals surface area contributed by atoms with Crippen molar-refractivity contribution in [2.45, 2.75) is 17.9 Å². The van der Waals surface area contributed by atoms with Gasteiger partial charge in [-0.05, 0) is 34.4 Å². The van der Waals surface area contributed by atoms with Crippen molar-refractivity contribution in [1.82, 2.24) is 14.9 Å². The van der Waals surface area contributed by atoms with Crippen molar-refractivity contribution in [3.63, 3.8) is 0 Å². The van der Waals surface area contributed by atoms with Crippen molar-refractivity contribution in [2.24, 2.45) is 0 Å². The van der Waals surface area contributed by atoms with Crippen LogP contribution in [0.25, 0.3) is 21.5 Å². The number of rotatable bonds is 8.